The molecule has 0 atom stereocenters. The zero-order valence-electron chi connectivity index (χ0n) is 9.72. The third-order valence-corrected chi connectivity index (χ3v) is 2.41. The SMILES string of the molecule is COCCc1noc(-c2cccc(CN)c2)n1. The quantitative estimate of drug-likeness (QED) is 0.844. The van der Waals surface area contributed by atoms with Crippen molar-refractivity contribution in [2.24, 2.45) is 5.73 Å². The first-order valence-corrected chi connectivity index (χ1v) is 5.44. The molecule has 5 heteroatoms. The maximum atomic E-state index is 5.58. The Hall–Kier alpha value is -1.72. The molecule has 2 rings (SSSR count). The van der Waals surface area contributed by atoms with E-state index in [1.165, 1.54) is 0 Å². The van der Waals surface area contributed by atoms with Crippen molar-refractivity contribution in [2.45, 2.75) is 13.0 Å². The minimum atomic E-state index is 0.499. The summed E-state index contributed by atoms with van der Waals surface area (Å²) >= 11 is 0. The van der Waals surface area contributed by atoms with E-state index in [4.69, 9.17) is 15.0 Å². The Labute approximate surface area is 99.6 Å². The molecule has 1 aromatic heterocycles. The van der Waals surface area contributed by atoms with Gasteiger partial charge in [-0.05, 0) is 17.7 Å². The Bertz CT molecular complexity index is 482. The molecule has 17 heavy (non-hydrogen) atoms. The van der Waals surface area contributed by atoms with Gasteiger partial charge in [-0.1, -0.05) is 17.3 Å². The van der Waals surface area contributed by atoms with Crippen LogP contribution in [0.3, 0.4) is 0 Å². The molecule has 0 aliphatic rings. The Morgan fingerprint density at radius 2 is 2.29 bits per heavy atom. The number of methoxy groups -OCH3 is 1. The second-order valence-corrected chi connectivity index (χ2v) is 3.66. The highest BCUT2D eigenvalue weighted by molar-refractivity contribution is 5.53. The molecular weight excluding hydrogens is 218 g/mol. The molecule has 0 unspecified atom stereocenters. The average molecular weight is 233 g/mol. The number of ether oxygens (including phenoxy) is 1. The largest absolute Gasteiger partial charge is 0.384 e. The molecule has 0 radical (unpaired) electrons. The van der Waals surface area contributed by atoms with Gasteiger partial charge in [0, 0.05) is 25.6 Å². The third-order valence-electron chi connectivity index (χ3n) is 2.41. The second-order valence-electron chi connectivity index (χ2n) is 3.66. The molecule has 0 aliphatic carbocycles. The van der Waals surface area contributed by atoms with Crippen molar-refractivity contribution >= 4 is 0 Å². The van der Waals surface area contributed by atoms with Gasteiger partial charge in [-0.2, -0.15) is 4.98 Å². The molecule has 0 saturated carbocycles. The highest BCUT2D eigenvalue weighted by atomic mass is 16.5. The van der Waals surface area contributed by atoms with Crippen LogP contribution >= 0.6 is 0 Å². The van der Waals surface area contributed by atoms with Crippen molar-refractivity contribution < 1.29 is 9.26 Å². The van der Waals surface area contributed by atoms with Gasteiger partial charge in [0.15, 0.2) is 5.82 Å². The Morgan fingerprint density at radius 3 is 3.06 bits per heavy atom. The molecule has 0 aliphatic heterocycles. The van der Waals surface area contributed by atoms with Gasteiger partial charge >= 0.3 is 0 Å². The van der Waals surface area contributed by atoms with E-state index < -0.39 is 0 Å². The summed E-state index contributed by atoms with van der Waals surface area (Å²) < 4.78 is 10.1. The number of nitrogens with two attached hydrogens (primary N) is 1. The molecule has 0 amide bonds. The van der Waals surface area contributed by atoms with Crippen molar-refractivity contribution in [2.75, 3.05) is 13.7 Å². The van der Waals surface area contributed by atoms with E-state index in [0.717, 1.165) is 11.1 Å². The maximum absolute atomic E-state index is 5.58. The van der Waals surface area contributed by atoms with Crippen LogP contribution in [0.25, 0.3) is 11.5 Å². The third kappa shape index (κ3) is 2.89. The fraction of sp³-hybridized carbons (Fsp3) is 0.333. The first-order valence-electron chi connectivity index (χ1n) is 5.44. The predicted octanol–water partition coefficient (Wildman–Crippen LogP) is 1.38. The molecule has 0 fully saturated rings. The van der Waals surface area contributed by atoms with Crippen molar-refractivity contribution in [3.8, 4) is 11.5 Å². The normalized spacial score (nSPS) is 10.7. The fourth-order valence-electron chi connectivity index (χ4n) is 1.50. The molecule has 0 spiro atoms. The Morgan fingerprint density at radius 1 is 1.41 bits per heavy atom. The van der Waals surface area contributed by atoms with E-state index in [2.05, 4.69) is 10.1 Å². The highest BCUT2D eigenvalue weighted by Gasteiger charge is 2.08. The van der Waals surface area contributed by atoms with Gasteiger partial charge in [0.2, 0.25) is 0 Å². The molecule has 1 aromatic carbocycles. The van der Waals surface area contributed by atoms with Gasteiger partial charge in [0.25, 0.3) is 5.89 Å². The van der Waals surface area contributed by atoms with Gasteiger partial charge in [-0.25, -0.2) is 0 Å². The summed E-state index contributed by atoms with van der Waals surface area (Å²) in [4.78, 5) is 4.29. The van der Waals surface area contributed by atoms with E-state index in [9.17, 15) is 0 Å². The molecular formula is C12H15N3O2. The van der Waals surface area contributed by atoms with E-state index in [-0.39, 0.29) is 0 Å². The summed E-state index contributed by atoms with van der Waals surface area (Å²) in [5, 5.41) is 3.89. The summed E-state index contributed by atoms with van der Waals surface area (Å²) in [6.45, 7) is 1.08. The molecule has 0 bridgehead atoms. The van der Waals surface area contributed by atoms with Crippen LogP contribution in [-0.4, -0.2) is 23.9 Å². The van der Waals surface area contributed by atoms with E-state index >= 15 is 0 Å². The number of nitrogens with zero attached hydrogens (tertiary/aromatic N) is 2. The van der Waals surface area contributed by atoms with Crippen molar-refractivity contribution in [1.29, 1.82) is 0 Å². The number of hydrogen-bond donors (Lipinski definition) is 1. The van der Waals surface area contributed by atoms with Crippen LogP contribution in [0.15, 0.2) is 28.8 Å². The second kappa shape index (κ2) is 5.56. The topological polar surface area (TPSA) is 74.2 Å². The van der Waals surface area contributed by atoms with E-state index in [1.807, 2.05) is 24.3 Å². The van der Waals surface area contributed by atoms with E-state index in [1.54, 1.807) is 7.11 Å². The smallest absolute Gasteiger partial charge is 0.257 e. The summed E-state index contributed by atoms with van der Waals surface area (Å²) in [5.74, 6) is 1.17. The standard InChI is InChI=1S/C12H15N3O2/c1-16-6-5-11-14-12(17-15-11)10-4-2-3-9(7-10)8-13/h2-4,7H,5-6,8,13H2,1H3. The zero-order valence-corrected chi connectivity index (χ0v) is 9.72. The molecule has 0 saturated heterocycles. The lowest BCUT2D eigenvalue weighted by Crippen LogP contribution is -1.97. The van der Waals surface area contributed by atoms with Crippen LogP contribution in [0.1, 0.15) is 11.4 Å². The minimum Gasteiger partial charge on any atom is -0.384 e. The van der Waals surface area contributed by atoms with Crippen molar-refractivity contribution in [3.05, 3.63) is 35.7 Å². The number of rotatable bonds is 5. The number of hydrogen-bond acceptors (Lipinski definition) is 5. The zero-order chi connectivity index (χ0) is 12.1. The lowest BCUT2D eigenvalue weighted by atomic mass is 10.1. The van der Waals surface area contributed by atoms with Crippen molar-refractivity contribution in [1.82, 2.24) is 10.1 Å². The number of aromatic nitrogens is 2. The lowest BCUT2D eigenvalue weighted by molar-refractivity contribution is 0.199. The average Bonchev–Trinajstić information content (AvgIpc) is 2.85. The van der Waals surface area contributed by atoms with Crippen LogP contribution < -0.4 is 5.73 Å². The van der Waals surface area contributed by atoms with E-state index in [0.29, 0.717) is 31.3 Å². The van der Waals surface area contributed by atoms with Gasteiger partial charge in [0.1, 0.15) is 0 Å². The van der Waals surface area contributed by atoms with Crippen LogP contribution in [-0.2, 0) is 17.7 Å². The van der Waals surface area contributed by atoms with Crippen LogP contribution in [0.2, 0.25) is 0 Å². The summed E-state index contributed by atoms with van der Waals surface area (Å²) in [6.07, 6.45) is 0.649. The minimum absolute atomic E-state index is 0.499. The molecule has 2 N–H and O–H groups in total. The molecule has 2 aromatic rings. The fourth-order valence-corrected chi connectivity index (χ4v) is 1.50. The van der Waals surface area contributed by atoms with Crippen LogP contribution in [0.5, 0.6) is 0 Å². The number of benzene rings is 1. The summed E-state index contributed by atoms with van der Waals surface area (Å²) in [6, 6.07) is 7.77. The highest BCUT2D eigenvalue weighted by Crippen LogP contribution is 2.18. The predicted molar refractivity (Wildman–Crippen MR) is 63.2 cm³/mol. The van der Waals surface area contributed by atoms with Crippen LogP contribution in [0.4, 0.5) is 0 Å². The Balaban J connectivity index is 2.18. The maximum Gasteiger partial charge on any atom is 0.257 e. The summed E-state index contributed by atoms with van der Waals surface area (Å²) in [5.41, 5.74) is 7.52. The first-order chi connectivity index (χ1) is 8.33. The first kappa shape index (κ1) is 11.8. The molecule has 1 heterocycles. The van der Waals surface area contributed by atoms with Gasteiger partial charge in [0.05, 0.1) is 6.61 Å². The Kier molecular flexibility index (Phi) is 3.85. The lowest BCUT2D eigenvalue weighted by Gasteiger charge is -1.98. The molecule has 90 valence electrons. The molecule has 5 nitrogen and oxygen atoms in total. The van der Waals surface area contributed by atoms with Crippen molar-refractivity contribution in [3.63, 3.8) is 0 Å². The monoisotopic (exact) mass is 233 g/mol. The summed E-state index contributed by atoms with van der Waals surface area (Å²) in [7, 11) is 1.64. The van der Waals surface area contributed by atoms with Gasteiger partial charge < -0.3 is 15.0 Å². The van der Waals surface area contributed by atoms with Gasteiger partial charge in [-0.3, -0.25) is 0 Å². The van der Waals surface area contributed by atoms with Crippen LogP contribution in [0, 0.1) is 0 Å². The van der Waals surface area contributed by atoms with Gasteiger partial charge in [-0.15, -0.1) is 0 Å².